The van der Waals surface area contributed by atoms with Crippen LogP contribution in [0.4, 0.5) is 10.1 Å². The summed E-state index contributed by atoms with van der Waals surface area (Å²) in [6.07, 6.45) is -0.238. The molecule has 0 saturated carbocycles. The molecule has 0 saturated heterocycles. The van der Waals surface area contributed by atoms with Crippen molar-refractivity contribution in [1.29, 1.82) is 0 Å². The van der Waals surface area contributed by atoms with Crippen molar-refractivity contribution in [2.75, 3.05) is 6.61 Å². The lowest BCUT2D eigenvalue weighted by Gasteiger charge is -2.11. The monoisotopic (exact) mass is 292 g/mol. The molecular weight excluding hydrogens is 279 g/mol. The SMILES string of the molecule is CCOC(=O)C[C@@H](N)c1cc(F)ccc1[N+](=O)[O-].Cl. The van der Waals surface area contributed by atoms with Crippen LogP contribution >= 0.6 is 12.4 Å². The van der Waals surface area contributed by atoms with Gasteiger partial charge in [0.05, 0.1) is 18.0 Å². The number of hydrogen-bond donors (Lipinski definition) is 1. The van der Waals surface area contributed by atoms with E-state index in [4.69, 9.17) is 5.73 Å². The molecule has 8 heteroatoms. The van der Waals surface area contributed by atoms with E-state index >= 15 is 0 Å². The summed E-state index contributed by atoms with van der Waals surface area (Å²) < 4.78 is 17.7. The summed E-state index contributed by atoms with van der Waals surface area (Å²) in [6, 6.07) is 1.98. The first-order valence-electron chi connectivity index (χ1n) is 5.30. The smallest absolute Gasteiger partial charge is 0.307 e. The van der Waals surface area contributed by atoms with Gasteiger partial charge in [0.25, 0.3) is 5.69 Å². The maximum Gasteiger partial charge on any atom is 0.307 e. The summed E-state index contributed by atoms with van der Waals surface area (Å²) in [5.74, 6) is -1.22. The van der Waals surface area contributed by atoms with Crippen molar-refractivity contribution in [2.24, 2.45) is 5.73 Å². The largest absolute Gasteiger partial charge is 0.466 e. The Morgan fingerprint density at radius 1 is 1.58 bits per heavy atom. The zero-order chi connectivity index (χ0) is 13.7. The lowest BCUT2D eigenvalue weighted by molar-refractivity contribution is -0.385. The summed E-state index contributed by atoms with van der Waals surface area (Å²) in [4.78, 5) is 21.3. The Morgan fingerprint density at radius 3 is 2.74 bits per heavy atom. The highest BCUT2D eigenvalue weighted by molar-refractivity contribution is 5.85. The van der Waals surface area contributed by atoms with Gasteiger partial charge in [0.1, 0.15) is 5.82 Å². The number of nitrogens with two attached hydrogens (primary N) is 1. The van der Waals surface area contributed by atoms with Crippen molar-refractivity contribution in [3.8, 4) is 0 Å². The molecule has 0 fully saturated rings. The van der Waals surface area contributed by atoms with Crippen LogP contribution in [0.5, 0.6) is 0 Å². The second-order valence-corrected chi connectivity index (χ2v) is 3.58. The first-order valence-corrected chi connectivity index (χ1v) is 5.30. The normalized spacial score (nSPS) is 11.3. The Morgan fingerprint density at radius 2 is 2.21 bits per heavy atom. The van der Waals surface area contributed by atoms with Crippen molar-refractivity contribution in [1.82, 2.24) is 0 Å². The van der Waals surface area contributed by atoms with E-state index in [-0.39, 0.29) is 36.7 Å². The molecule has 106 valence electrons. The fraction of sp³-hybridized carbons (Fsp3) is 0.364. The third-order valence-electron chi connectivity index (χ3n) is 2.28. The van der Waals surface area contributed by atoms with Gasteiger partial charge in [-0.1, -0.05) is 0 Å². The van der Waals surface area contributed by atoms with Gasteiger partial charge in [-0.05, 0) is 19.1 Å². The van der Waals surface area contributed by atoms with Gasteiger partial charge >= 0.3 is 5.97 Å². The van der Waals surface area contributed by atoms with Crippen LogP contribution in [0.3, 0.4) is 0 Å². The van der Waals surface area contributed by atoms with Crippen LogP contribution in [0.1, 0.15) is 24.9 Å². The Balaban J connectivity index is 0.00000324. The van der Waals surface area contributed by atoms with Crippen LogP contribution in [0, 0.1) is 15.9 Å². The van der Waals surface area contributed by atoms with Crippen LogP contribution in [-0.4, -0.2) is 17.5 Å². The summed E-state index contributed by atoms with van der Waals surface area (Å²) in [6.45, 7) is 1.82. The van der Waals surface area contributed by atoms with Gasteiger partial charge in [-0.25, -0.2) is 4.39 Å². The molecule has 0 aliphatic carbocycles. The van der Waals surface area contributed by atoms with E-state index in [1.807, 2.05) is 0 Å². The number of nitro groups is 1. The molecule has 0 aliphatic rings. The number of halogens is 2. The van der Waals surface area contributed by atoms with E-state index in [0.29, 0.717) is 0 Å². The van der Waals surface area contributed by atoms with Crippen molar-refractivity contribution >= 4 is 24.1 Å². The van der Waals surface area contributed by atoms with Crippen LogP contribution in [-0.2, 0) is 9.53 Å². The zero-order valence-electron chi connectivity index (χ0n) is 10.2. The molecule has 0 amide bonds. The fourth-order valence-corrected chi connectivity index (χ4v) is 1.50. The summed E-state index contributed by atoms with van der Waals surface area (Å²) in [5.41, 5.74) is 5.33. The minimum absolute atomic E-state index is 0. The van der Waals surface area contributed by atoms with Crippen molar-refractivity contribution in [3.05, 3.63) is 39.7 Å². The molecular formula is C11H14ClFN2O4. The summed E-state index contributed by atoms with van der Waals surface area (Å²) in [5, 5.41) is 10.8. The molecule has 0 heterocycles. The van der Waals surface area contributed by atoms with Gasteiger partial charge in [0, 0.05) is 17.7 Å². The van der Waals surface area contributed by atoms with Crippen molar-refractivity contribution in [3.63, 3.8) is 0 Å². The second-order valence-electron chi connectivity index (χ2n) is 3.58. The predicted octanol–water partition coefficient (Wildman–Crippen LogP) is 2.11. The molecule has 19 heavy (non-hydrogen) atoms. The number of nitrogens with zero attached hydrogens (tertiary/aromatic N) is 1. The number of ether oxygens (including phenoxy) is 1. The van der Waals surface area contributed by atoms with Crippen LogP contribution in [0.2, 0.25) is 0 Å². The van der Waals surface area contributed by atoms with Crippen LogP contribution in [0.25, 0.3) is 0 Å². The zero-order valence-corrected chi connectivity index (χ0v) is 11.0. The number of nitro benzene ring substituents is 1. The Labute approximate surface area is 115 Å². The van der Waals surface area contributed by atoms with Gasteiger partial charge in [-0.2, -0.15) is 0 Å². The molecule has 1 aromatic carbocycles. The molecule has 6 nitrogen and oxygen atoms in total. The fourth-order valence-electron chi connectivity index (χ4n) is 1.50. The average Bonchev–Trinajstić information content (AvgIpc) is 2.28. The number of carbonyl (C=O) groups excluding carboxylic acids is 1. The lowest BCUT2D eigenvalue weighted by Crippen LogP contribution is -2.18. The minimum atomic E-state index is -0.972. The van der Waals surface area contributed by atoms with Gasteiger partial charge in [-0.3, -0.25) is 14.9 Å². The van der Waals surface area contributed by atoms with Gasteiger partial charge in [0.15, 0.2) is 0 Å². The molecule has 1 rings (SSSR count). The van der Waals surface area contributed by atoms with E-state index < -0.39 is 22.8 Å². The number of rotatable bonds is 5. The van der Waals surface area contributed by atoms with E-state index in [1.165, 1.54) is 0 Å². The van der Waals surface area contributed by atoms with Gasteiger partial charge in [-0.15, -0.1) is 12.4 Å². The molecule has 2 N–H and O–H groups in total. The Kier molecular flexibility index (Phi) is 6.95. The first-order chi connectivity index (χ1) is 8.45. The number of hydrogen-bond acceptors (Lipinski definition) is 5. The maximum absolute atomic E-state index is 13.1. The highest BCUT2D eigenvalue weighted by atomic mass is 35.5. The first kappa shape index (κ1) is 17.3. The average molecular weight is 293 g/mol. The lowest BCUT2D eigenvalue weighted by atomic mass is 10.0. The summed E-state index contributed by atoms with van der Waals surface area (Å²) >= 11 is 0. The van der Waals surface area contributed by atoms with Gasteiger partial charge < -0.3 is 10.5 Å². The molecule has 0 unspecified atom stereocenters. The molecule has 0 radical (unpaired) electrons. The van der Waals surface area contributed by atoms with Gasteiger partial charge in [0.2, 0.25) is 0 Å². The standard InChI is InChI=1S/C11H13FN2O4.ClH/c1-2-18-11(15)6-9(13)8-5-7(12)3-4-10(8)14(16)17;/h3-5,9H,2,6,13H2,1H3;1H/t9-;/m1./s1. The molecule has 0 aromatic heterocycles. The highest BCUT2D eigenvalue weighted by Crippen LogP contribution is 2.26. The third-order valence-corrected chi connectivity index (χ3v) is 2.28. The maximum atomic E-state index is 13.1. The summed E-state index contributed by atoms with van der Waals surface area (Å²) in [7, 11) is 0. The molecule has 0 aliphatic heterocycles. The van der Waals surface area contributed by atoms with E-state index in [0.717, 1.165) is 18.2 Å². The third kappa shape index (κ3) is 4.80. The predicted molar refractivity (Wildman–Crippen MR) is 68.5 cm³/mol. The second kappa shape index (κ2) is 7.65. The quantitative estimate of drug-likeness (QED) is 0.509. The molecule has 1 atom stereocenters. The molecule has 0 bridgehead atoms. The molecule has 1 aromatic rings. The number of carbonyl (C=O) groups is 1. The van der Waals surface area contributed by atoms with E-state index in [9.17, 15) is 19.3 Å². The Bertz CT molecular complexity index is 470. The number of benzene rings is 1. The topological polar surface area (TPSA) is 95.5 Å². The van der Waals surface area contributed by atoms with E-state index in [2.05, 4.69) is 4.74 Å². The van der Waals surface area contributed by atoms with Crippen LogP contribution < -0.4 is 5.73 Å². The molecule has 0 spiro atoms. The van der Waals surface area contributed by atoms with E-state index in [1.54, 1.807) is 6.92 Å². The Hall–Kier alpha value is -1.73. The van der Waals surface area contributed by atoms with Crippen LogP contribution in [0.15, 0.2) is 18.2 Å². The number of esters is 1. The van der Waals surface area contributed by atoms with Crippen molar-refractivity contribution in [2.45, 2.75) is 19.4 Å². The highest BCUT2D eigenvalue weighted by Gasteiger charge is 2.22. The van der Waals surface area contributed by atoms with Crippen molar-refractivity contribution < 1.29 is 18.8 Å². The minimum Gasteiger partial charge on any atom is -0.466 e.